The van der Waals surface area contributed by atoms with Gasteiger partial charge in [0.1, 0.15) is 24.3 Å². The van der Waals surface area contributed by atoms with Crippen LogP contribution >= 0.6 is 0 Å². The maximum atomic E-state index is 15.0. The van der Waals surface area contributed by atoms with Gasteiger partial charge in [0.2, 0.25) is 0 Å². The van der Waals surface area contributed by atoms with E-state index in [2.05, 4.69) is 137 Å². The second-order valence-electron chi connectivity index (χ2n) is 27.4. The molecule has 0 amide bonds. The normalized spacial score (nSPS) is 29.6. The third-order valence-electron chi connectivity index (χ3n) is 19.0. The fraction of sp³-hybridized carbons (Fsp3) is 0.723. The standard InChI is InChI=1S/C65H104O14Si3/c1-19-81(20-2,21-3)79-63(15)39-54(76-65(44-63)41-53(72-48(7)67)35-50(74-65)32-33-66)34-45(4)46(5)60(73-49(8)68)47(6)59(69)38-51-36-52(70-16)40-64(75-51)42-55(78-80(17,18)61(9,10)11)37-56(77-64)43-71-82(62(12,13)14,57-28-24-22-25-29-57)58-30-26-23-27-31-58/h22-31,33,46-47,50-56,60H,4,19-21,32,34-44H2,1-3,5-18H3/t46-,47+,50-,51-,52-,53-,54-,55-,56+,60-,63-,64-,65+/m0/s1. The fourth-order valence-corrected chi connectivity index (χ4v) is 22.8. The summed E-state index contributed by atoms with van der Waals surface area (Å²) in [4.78, 5) is 52.4. The maximum Gasteiger partial charge on any atom is 0.302 e. The van der Waals surface area contributed by atoms with Crippen molar-refractivity contribution in [1.29, 1.82) is 0 Å². The van der Waals surface area contributed by atoms with E-state index in [0.717, 1.165) is 30.0 Å². The summed E-state index contributed by atoms with van der Waals surface area (Å²) in [5.74, 6) is -4.63. The molecule has 4 saturated heterocycles. The quantitative estimate of drug-likeness (QED) is 0.0400. The summed E-state index contributed by atoms with van der Waals surface area (Å²) in [6.45, 7) is 38.3. The van der Waals surface area contributed by atoms with Crippen LogP contribution in [0.15, 0.2) is 72.8 Å². The minimum absolute atomic E-state index is 0.0325. The van der Waals surface area contributed by atoms with Gasteiger partial charge in [-0.15, -0.1) is 0 Å². The molecule has 4 heterocycles. The molecule has 0 aromatic heterocycles. The van der Waals surface area contributed by atoms with Gasteiger partial charge in [-0.25, -0.2) is 0 Å². The number of carbonyl (C=O) groups is 4. The molecule has 4 aliphatic rings. The third-order valence-corrected chi connectivity index (χ3v) is 33.3. The first-order valence-electron chi connectivity index (χ1n) is 30.7. The van der Waals surface area contributed by atoms with E-state index in [1.807, 2.05) is 26.0 Å². The third kappa shape index (κ3) is 16.4. The van der Waals surface area contributed by atoms with Crippen molar-refractivity contribution >= 4 is 59.3 Å². The van der Waals surface area contributed by atoms with Gasteiger partial charge in [0, 0.05) is 91.1 Å². The molecule has 2 spiro atoms. The van der Waals surface area contributed by atoms with Gasteiger partial charge in [-0.05, 0) is 65.0 Å². The minimum atomic E-state index is -2.96. The fourth-order valence-electron chi connectivity index (χ4n) is 13.7. The van der Waals surface area contributed by atoms with Crippen LogP contribution in [0.5, 0.6) is 0 Å². The Kier molecular flexibility index (Phi) is 22.9. The van der Waals surface area contributed by atoms with Crippen LogP contribution in [0.3, 0.4) is 0 Å². The lowest BCUT2D eigenvalue weighted by molar-refractivity contribution is -0.347. The maximum absolute atomic E-state index is 15.0. The lowest BCUT2D eigenvalue weighted by atomic mass is 9.78. The van der Waals surface area contributed by atoms with Crippen molar-refractivity contribution in [2.75, 3.05) is 13.7 Å². The lowest BCUT2D eigenvalue weighted by Gasteiger charge is -2.55. The molecule has 2 aromatic rings. The molecule has 4 aliphatic heterocycles. The van der Waals surface area contributed by atoms with Crippen LogP contribution in [-0.4, -0.2) is 129 Å². The Labute approximate surface area is 495 Å². The van der Waals surface area contributed by atoms with Crippen LogP contribution in [0.25, 0.3) is 0 Å². The van der Waals surface area contributed by atoms with Gasteiger partial charge < -0.3 is 51.2 Å². The van der Waals surface area contributed by atoms with Crippen molar-refractivity contribution in [3.63, 3.8) is 0 Å². The zero-order chi connectivity index (χ0) is 60.7. The van der Waals surface area contributed by atoms with Crippen molar-refractivity contribution in [3.8, 4) is 0 Å². The smallest absolute Gasteiger partial charge is 0.302 e. The number of methoxy groups -OCH3 is 1. The molecule has 13 atom stereocenters. The summed E-state index contributed by atoms with van der Waals surface area (Å²) in [5.41, 5.74) is 0.0503. The zero-order valence-electron chi connectivity index (χ0n) is 53.2. The highest BCUT2D eigenvalue weighted by molar-refractivity contribution is 6.99. The average molecular weight is 1190 g/mol. The van der Waals surface area contributed by atoms with Crippen molar-refractivity contribution in [3.05, 3.63) is 72.8 Å². The molecule has 2 aromatic carbocycles. The summed E-state index contributed by atoms with van der Waals surface area (Å²) in [6.07, 6.45) is 1.03. The van der Waals surface area contributed by atoms with Gasteiger partial charge in [0.25, 0.3) is 8.32 Å². The van der Waals surface area contributed by atoms with Crippen molar-refractivity contribution in [1.82, 2.24) is 0 Å². The highest BCUT2D eigenvalue weighted by Crippen LogP contribution is 2.50. The number of rotatable bonds is 25. The largest absolute Gasteiger partial charge is 0.462 e. The van der Waals surface area contributed by atoms with Crippen LogP contribution in [0, 0.1) is 11.8 Å². The summed E-state index contributed by atoms with van der Waals surface area (Å²) in [7, 11) is -5.77. The number of esters is 2. The van der Waals surface area contributed by atoms with Crippen LogP contribution < -0.4 is 10.4 Å². The van der Waals surface area contributed by atoms with E-state index < -0.39 is 103 Å². The summed E-state index contributed by atoms with van der Waals surface area (Å²) in [6, 6.07) is 24.1. The van der Waals surface area contributed by atoms with Gasteiger partial charge in [0.15, 0.2) is 28.2 Å². The number of hydrogen-bond donors (Lipinski definition) is 0. The first-order chi connectivity index (χ1) is 38.3. The molecule has 17 heteroatoms. The van der Waals surface area contributed by atoms with E-state index in [1.54, 1.807) is 7.11 Å². The number of aldehydes is 1. The first kappa shape index (κ1) is 67.9. The Bertz CT molecular complexity index is 2390. The molecule has 0 bridgehead atoms. The van der Waals surface area contributed by atoms with Gasteiger partial charge in [-0.3, -0.25) is 14.4 Å². The molecular weight excluding hydrogens is 1090 g/mol. The number of ketones is 1. The predicted octanol–water partition coefficient (Wildman–Crippen LogP) is 12.5. The number of benzene rings is 2. The van der Waals surface area contributed by atoms with Crippen LogP contribution in [-0.2, 0) is 65.6 Å². The number of ether oxygens (including phenoxy) is 7. The summed E-state index contributed by atoms with van der Waals surface area (Å²) < 4.78 is 68.7. The number of carbonyl (C=O) groups excluding carboxylic acids is 4. The SMILES string of the molecule is C=C(C[C@H]1C[C@](C)(O[Si](CC)(CC)CC)C[C@@]2(C[C@@H](OC(C)=O)C[C@H](CC=O)O2)O1)[C@H](C)[C@H](OC(C)=O)[C@H](C)C(=O)C[C@@H]1C[C@H](OC)C[C@]2(C[C@@H](O[Si](C)(C)C(C)(C)C)C[C@H](CO[Si](c3ccccc3)(c3ccccc3)C(C)(C)C)O2)O1. The number of Topliss-reactive ketones (excluding diaryl/α,β-unsaturated/α-hetero) is 1. The average Bonchev–Trinajstić information content (AvgIpc) is 3.00. The van der Waals surface area contributed by atoms with E-state index >= 15 is 0 Å². The Morgan fingerprint density at radius 1 is 0.695 bits per heavy atom. The Morgan fingerprint density at radius 2 is 1.22 bits per heavy atom. The Hall–Kier alpha value is -3.21. The molecule has 82 heavy (non-hydrogen) atoms. The predicted molar refractivity (Wildman–Crippen MR) is 329 cm³/mol. The lowest BCUT2D eigenvalue weighted by Crippen LogP contribution is -2.67. The minimum Gasteiger partial charge on any atom is -0.462 e. The molecule has 0 radical (unpaired) electrons. The summed E-state index contributed by atoms with van der Waals surface area (Å²) in [5, 5.41) is 2.06. The molecule has 14 nitrogen and oxygen atoms in total. The summed E-state index contributed by atoms with van der Waals surface area (Å²) >= 11 is 0. The Morgan fingerprint density at radius 3 is 1.74 bits per heavy atom. The van der Waals surface area contributed by atoms with Crippen LogP contribution in [0.1, 0.15) is 168 Å². The van der Waals surface area contributed by atoms with Crippen LogP contribution in [0.4, 0.5) is 0 Å². The van der Waals surface area contributed by atoms with Gasteiger partial charge in [0.05, 0.1) is 54.7 Å². The van der Waals surface area contributed by atoms with E-state index in [1.165, 1.54) is 24.2 Å². The van der Waals surface area contributed by atoms with Gasteiger partial charge in [-0.1, -0.05) is 149 Å². The van der Waals surface area contributed by atoms with E-state index in [0.29, 0.717) is 58.0 Å². The van der Waals surface area contributed by atoms with E-state index in [4.69, 9.17) is 46.4 Å². The molecule has 4 fully saturated rings. The van der Waals surface area contributed by atoms with E-state index in [-0.39, 0.29) is 47.3 Å². The Balaban J connectivity index is 1.26. The van der Waals surface area contributed by atoms with Gasteiger partial charge >= 0.3 is 11.9 Å². The zero-order valence-corrected chi connectivity index (χ0v) is 56.2. The van der Waals surface area contributed by atoms with Crippen molar-refractivity contribution in [2.24, 2.45) is 11.8 Å². The molecule has 0 saturated carbocycles. The first-order valence-corrected chi connectivity index (χ1v) is 38.0. The second-order valence-corrected chi connectivity index (χ2v) is 41.2. The monoisotopic (exact) mass is 1190 g/mol. The topological polar surface area (TPSA) is 161 Å². The molecule has 6 rings (SSSR count). The van der Waals surface area contributed by atoms with Gasteiger partial charge in [-0.2, -0.15) is 0 Å². The molecule has 0 aliphatic carbocycles. The number of hydrogen-bond acceptors (Lipinski definition) is 14. The van der Waals surface area contributed by atoms with E-state index in [9.17, 15) is 19.2 Å². The second kappa shape index (κ2) is 27.7. The molecule has 0 unspecified atom stereocenters. The molecular formula is C65H104O14Si3. The van der Waals surface area contributed by atoms with Crippen molar-refractivity contribution < 1.29 is 65.6 Å². The highest BCUT2D eigenvalue weighted by atomic mass is 28.4. The van der Waals surface area contributed by atoms with Crippen molar-refractivity contribution in [2.45, 2.75) is 275 Å². The molecule has 460 valence electrons. The highest BCUT2D eigenvalue weighted by Gasteiger charge is 2.57. The van der Waals surface area contributed by atoms with Crippen LogP contribution in [0.2, 0.25) is 41.3 Å². The molecule has 0 N–H and O–H groups in total.